The number of hydrogen-bond donors (Lipinski definition) is 1. The molecule has 1 N–H and O–H groups in total. The Labute approximate surface area is 191 Å². The Kier molecular flexibility index (Phi) is 5.55. The van der Waals surface area contributed by atoms with Gasteiger partial charge in [0.25, 0.3) is 5.89 Å². The maximum absolute atomic E-state index is 13.6. The van der Waals surface area contributed by atoms with E-state index >= 15 is 0 Å². The zero-order valence-corrected chi connectivity index (χ0v) is 17.9. The molecule has 2 atom stereocenters. The van der Waals surface area contributed by atoms with Crippen LogP contribution in [-0.2, 0) is 16.6 Å². The number of aliphatic hydroxyl groups is 1. The van der Waals surface area contributed by atoms with E-state index in [0.29, 0.717) is 5.56 Å². The molecule has 34 heavy (non-hydrogen) atoms. The van der Waals surface area contributed by atoms with Crippen LogP contribution in [-0.4, -0.2) is 48.0 Å². The molecule has 0 amide bonds. The first-order valence-corrected chi connectivity index (χ1v) is 11.3. The number of fused-ring (bicyclic) bond motifs is 1. The Morgan fingerprint density at radius 1 is 1.00 bits per heavy atom. The Morgan fingerprint density at radius 3 is 2.32 bits per heavy atom. The number of aliphatic hydroxyl groups excluding tert-OH is 1. The molecule has 0 spiro atoms. The van der Waals surface area contributed by atoms with E-state index in [1.165, 1.54) is 55.4 Å². The van der Waals surface area contributed by atoms with Crippen LogP contribution in [0.3, 0.4) is 0 Å². The summed E-state index contributed by atoms with van der Waals surface area (Å²) in [4.78, 5) is 16.2. The molecule has 4 aromatic rings. The number of rotatable bonds is 6. The van der Waals surface area contributed by atoms with Crippen LogP contribution in [0.5, 0.6) is 0 Å². The molecular weight excluding hydrogens is 472 g/mol. The van der Waals surface area contributed by atoms with E-state index in [-0.39, 0.29) is 34.3 Å². The number of hydrogen-bond acceptors (Lipinski definition) is 10. The van der Waals surface area contributed by atoms with Gasteiger partial charge in [0.05, 0.1) is 28.7 Å². The summed E-state index contributed by atoms with van der Waals surface area (Å²) in [5, 5.41) is 18.0. The number of halogens is 2. The van der Waals surface area contributed by atoms with Crippen molar-refractivity contribution in [2.75, 3.05) is 0 Å². The lowest BCUT2D eigenvalue weighted by Crippen LogP contribution is -2.34. The van der Waals surface area contributed by atoms with Crippen molar-refractivity contribution in [3.63, 3.8) is 0 Å². The fourth-order valence-corrected chi connectivity index (χ4v) is 5.50. The zero-order valence-electron chi connectivity index (χ0n) is 17.1. The molecule has 1 aliphatic heterocycles. The van der Waals surface area contributed by atoms with Crippen molar-refractivity contribution < 1.29 is 26.7 Å². The van der Waals surface area contributed by atoms with Gasteiger partial charge in [-0.3, -0.25) is 19.9 Å². The van der Waals surface area contributed by atoms with E-state index in [0.717, 1.165) is 4.31 Å². The lowest BCUT2D eigenvalue weighted by atomic mass is 10.0. The van der Waals surface area contributed by atoms with Crippen molar-refractivity contribution in [1.29, 1.82) is 0 Å². The molecule has 3 aromatic heterocycles. The lowest BCUT2D eigenvalue weighted by Gasteiger charge is -2.29. The first-order valence-electron chi connectivity index (χ1n) is 9.83. The average Bonchev–Trinajstić information content (AvgIpc) is 3.44. The fraction of sp³-hybridized carbons (Fsp3) is 0.200. The molecule has 5 rings (SSSR count). The molecule has 11 nitrogen and oxygen atoms in total. The van der Waals surface area contributed by atoms with Crippen LogP contribution < -0.4 is 0 Å². The van der Waals surface area contributed by atoms with E-state index in [9.17, 15) is 22.3 Å². The molecule has 0 aliphatic carbocycles. The summed E-state index contributed by atoms with van der Waals surface area (Å²) in [6, 6.07) is 3.13. The molecule has 0 unspecified atom stereocenters. The Balaban J connectivity index is 1.56. The van der Waals surface area contributed by atoms with Gasteiger partial charge in [-0.05, 0) is 17.7 Å². The third-order valence-electron chi connectivity index (χ3n) is 5.24. The maximum Gasteiger partial charge on any atom is 0.314 e. The van der Waals surface area contributed by atoms with E-state index < -0.39 is 34.5 Å². The molecule has 1 aromatic carbocycles. The smallest absolute Gasteiger partial charge is 0.314 e. The quantitative estimate of drug-likeness (QED) is 0.429. The maximum atomic E-state index is 13.6. The lowest BCUT2D eigenvalue weighted by molar-refractivity contribution is 0.0821. The summed E-state index contributed by atoms with van der Waals surface area (Å²) in [7, 11) is -4.17. The number of alkyl halides is 2. The largest absolute Gasteiger partial charge is 0.415 e. The van der Waals surface area contributed by atoms with Crippen LogP contribution in [0.2, 0.25) is 0 Å². The molecule has 14 heteroatoms. The molecule has 0 radical (unpaired) electrons. The second-order valence-electron chi connectivity index (χ2n) is 7.27. The van der Waals surface area contributed by atoms with Crippen molar-refractivity contribution in [3.05, 3.63) is 78.2 Å². The van der Waals surface area contributed by atoms with Gasteiger partial charge in [-0.25, -0.2) is 8.42 Å². The summed E-state index contributed by atoms with van der Waals surface area (Å²) in [5.74, 6) is -1.10. The summed E-state index contributed by atoms with van der Waals surface area (Å²) in [6.45, 7) is -0.0807. The Hall–Kier alpha value is -3.75. The molecule has 174 valence electrons. The van der Waals surface area contributed by atoms with Crippen molar-refractivity contribution in [1.82, 2.24) is 34.4 Å². The van der Waals surface area contributed by atoms with E-state index in [1.54, 1.807) is 0 Å². The van der Waals surface area contributed by atoms with E-state index in [2.05, 4.69) is 30.1 Å². The Bertz CT molecular complexity index is 1420. The van der Waals surface area contributed by atoms with Gasteiger partial charge in [-0.15, -0.1) is 10.2 Å². The monoisotopic (exact) mass is 487 g/mol. The fourth-order valence-electron chi connectivity index (χ4n) is 3.68. The van der Waals surface area contributed by atoms with Gasteiger partial charge >= 0.3 is 6.43 Å². The van der Waals surface area contributed by atoms with Gasteiger partial charge in [0, 0.05) is 36.9 Å². The minimum absolute atomic E-state index is 0.0807. The van der Waals surface area contributed by atoms with Crippen LogP contribution in [0.15, 0.2) is 64.7 Å². The zero-order chi connectivity index (χ0) is 23.9. The van der Waals surface area contributed by atoms with Crippen LogP contribution in [0, 0.1) is 0 Å². The van der Waals surface area contributed by atoms with E-state index in [1.807, 2.05) is 0 Å². The molecule has 4 heterocycles. The van der Waals surface area contributed by atoms with Gasteiger partial charge in [0.2, 0.25) is 15.9 Å². The Morgan fingerprint density at radius 2 is 1.71 bits per heavy atom. The minimum Gasteiger partial charge on any atom is -0.415 e. The highest BCUT2D eigenvalue weighted by Crippen LogP contribution is 2.42. The normalized spacial score (nSPS) is 16.9. The highest BCUT2D eigenvalue weighted by Gasteiger charge is 2.44. The molecule has 1 aliphatic rings. The SMILES string of the molecule is O=S1(=O)c2cc(-c3nnc(C(F)F)o3)ccc2CN1[C@@H](c1cnccn1)[C@H](O)c1cnccn1. The molecule has 0 fully saturated rings. The van der Waals surface area contributed by atoms with Crippen LogP contribution in [0.4, 0.5) is 8.78 Å². The van der Waals surface area contributed by atoms with Crippen LogP contribution in [0.25, 0.3) is 11.5 Å². The first-order chi connectivity index (χ1) is 16.4. The van der Waals surface area contributed by atoms with Crippen molar-refractivity contribution in [3.8, 4) is 11.5 Å². The van der Waals surface area contributed by atoms with Gasteiger partial charge in [0.15, 0.2) is 0 Å². The summed E-state index contributed by atoms with van der Waals surface area (Å²) in [6.07, 6.45) is 3.95. The molecule has 0 bridgehead atoms. The number of nitrogens with zero attached hydrogens (tertiary/aromatic N) is 7. The van der Waals surface area contributed by atoms with Crippen LogP contribution in [0.1, 0.15) is 41.4 Å². The van der Waals surface area contributed by atoms with Crippen LogP contribution >= 0.6 is 0 Å². The summed E-state index contributed by atoms with van der Waals surface area (Å²) < 4.78 is 58.8. The summed E-state index contributed by atoms with van der Waals surface area (Å²) >= 11 is 0. The number of aromatic nitrogens is 6. The predicted molar refractivity (Wildman–Crippen MR) is 109 cm³/mol. The van der Waals surface area contributed by atoms with Crippen molar-refractivity contribution >= 4 is 10.0 Å². The van der Waals surface area contributed by atoms with Crippen molar-refractivity contribution in [2.24, 2.45) is 0 Å². The third kappa shape index (κ3) is 3.81. The van der Waals surface area contributed by atoms with Crippen molar-refractivity contribution in [2.45, 2.75) is 30.0 Å². The molecule has 0 saturated carbocycles. The molecule has 0 saturated heterocycles. The summed E-state index contributed by atoms with van der Waals surface area (Å²) in [5.41, 5.74) is 0.942. The second kappa shape index (κ2) is 8.55. The topological polar surface area (TPSA) is 148 Å². The standard InChI is InChI=1S/C20H15F2N7O4S/c21-18(22)20-28-27-19(33-20)11-1-2-12-10-29(34(31,32)15(12)7-11)16(13-8-23-3-5-25-13)17(30)14-9-24-4-6-26-14/h1-9,16-18,30H,10H2/t16-,17+/m0/s1. The highest BCUT2D eigenvalue weighted by molar-refractivity contribution is 7.89. The van der Waals surface area contributed by atoms with Gasteiger partial charge in [-0.2, -0.15) is 13.1 Å². The second-order valence-corrected chi connectivity index (χ2v) is 9.13. The van der Waals surface area contributed by atoms with Gasteiger partial charge < -0.3 is 9.52 Å². The average molecular weight is 487 g/mol. The molecular formula is C20H15F2N7O4S. The van der Waals surface area contributed by atoms with E-state index in [4.69, 9.17) is 4.42 Å². The van der Waals surface area contributed by atoms with Gasteiger partial charge in [-0.1, -0.05) is 6.07 Å². The predicted octanol–water partition coefficient (Wildman–Crippen LogP) is 2.23. The minimum atomic E-state index is -4.17. The first kappa shape index (κ1) is 22.1. The third-order valence-corrected chi connectivity index (χ3v) is 7.15. The number of benzene rings is 1. The van der Waals surface area contributed by atoms with Gasteiger partial charge in [0.1, 0.15) is 12.1 Å². The number of sulfonamides is 1. The highest BCUT2D eigenvalue weighted by atomic mass is 32.2.